The second-order valence-electron chi connectivity index (χ2n) is 2.75. The summed E-state index contributed by atoms with van der Waals surface area (Å²) in [5.74, 6) is -2.99. The van der Waals surface area contributed by atoms with E-state index >= 15 is 0 Å². The standard InChI is InChI=1S/C7H12F2O/c1-2-3-7(8,9)6-4-10-5-6/h6H,2-5H2,1H3. The lowest BCUT2D eigenvalue weighted by molar-refractivity contribution is -0.172. The number of halogens is 2. The number of ether oxygens (including phenoxy) is 1. The molecule has 10 heavy (non-hydrogen) atoms. The Balaban J connectivity index is 2.33. The topological polar surface area (TPSA) is 9.23 Å². The van der Waals surface area contributed by atoms with Crippen LogP contribution in [0.2, 0.25) is 0 Å². The van der Waals surface area contributed by atoms with E-state index in [1.54, 1.807) is 6.92 Å². The summed E-state index contributed by atoms with van der Waals surface area (Å²) in [4.78, 5) is 0. The molecule has 1 rings (SSSR count). The van der Waals surface area contributed by atoms with Gasteiger partial charge in [-0.3, -0.25) is 0 Å². The molecule has 0 bridgehead atoms. The highest BCUT2D eigenvalue weighted by atomic mass is 19.3. The van der Waals surface area contributed by atoms with Crippen molar-refractivity contribution in [3.8, 4) is 0 Å². The molecule has 1 heterocycles. The van der Waals surface area contributed by atoms with E-state index in [0.717, 1.165) is 0 Å². The van der Waals surface area contributed by atoms with Crippen LogP contribution in [0.25, 0.3) is 0 Å². The second kappa shape index (κ2) is 2.82. The van der Waals surface area contributed by atoms with Crippen LogP contribution in [0.15, 0.2) is 0 Å². The van der Waals surface area contributed by atoms with Crippen molar-refractivity contribution in [3.05, 3.63) is 0 Å². The molecule has 0 unspecified atom stereocenters. The predicted octanol–water partition coefficient (Wildman–Crippen LogP) is 2.07. The van der Waals surface area contributed by atoms with Gasteiger partial charge in [0.2, 0.25) is 0 Å². The van der Waals surface area contributed by atoms with Crippen LogP contribution in [-0.4, -0.2) is 19.1 Å². The Labute approximate surface area is 59.4 Å². The Hall–Kier alpha value is -0.180. The van der Waals surface area contributed by atoms with Crippen molar-refractivity contribution in [2.45, 2.75) is 25.7 Å². The first-order chi connectivity index (χ1) is 4.67. The van der Waals surface area contributed by atoms with E-state index in [1.807, 2.05) is 0 Å². The lowest BCUT2D eigenvalue weighted by Gasteiger charge is -2.33. The van der Waals surface area contributed by atoms with Crippen LogP contribution in [0.1, 0.15) is 19.8 Å². The van der Waals surface area contributed by atoms with Crippen molar-refractivity contribution in [2.75, 3.05) is 13.2 Å². The third kappa shape index (κ3) is 1.45. The number of hydrogen-bond acceptors (Lipinski definition) is 1. The van der Waals surface area contributed by atoms with Crippen LogP contribution in [0.4, 0.5) is 8.78 Å². The molecule has 1 saturated heterocycles. The minimum Gasteiger partial charge on any atom is -0.380 e. The van der Waals surface area contributed by atoms with Crippen molar-refractivity contribution >= 4 is 0 Å². The first-order valence-corrected chi connectivity index (χ1v) is 3.62. The van der Waals surface area contributed by atoms with Crippen molar-refractivity contribution in [2.24, 2.45) is 5.92 Å². The summed E-state index contributed by atoms with van der Waals surface area (Å²) in [6.45, 7) is 2.26. The number of hydrogen-bond donors (Lipinski definition) is 0. The lowest BCUT2D eigenvalue weighted by Crippen LogP contribution is -2.42. The fraction of sp³-hybridized carbons (Fsp3) is 1.00. The van der Waals surface area contributed by atoms with Gasteiger partial charge in [-0.1, -0.05) is 13.3 Å². The van der Waals surface area contributed by atoms with E-state index in [-0.39, 0.29) is 19.6 Å². The zero-order valence-electron chi connectivity index (χ0n) is 6.07. The molecular formula is C7H12F2O. The summed E-state index contributed by atoms with van der Waals surface area (Å²) in [6, 6.07) is 0. The maximum absolute atomic E-state index is 12.8. The lowest BCUT2D eigenvalue weighted by atomic mass is 9.96. The van der Waals surface area contributed by atoms with Crippen molar-refractivity contribution in [1.29, 1.82) is 0 Å². The van der Waals surface area contributed by atoms with E-state index in [4.69, 9.17) is 0 Å². The van der Waals surface area contributed by atoms with E-state index in [1.165, 1.54) is 0 Å². The molecule has 3 heteroatoms. The van der Waals surface area contributed by atoms with E-state index < -0.39 is 11.8 Å². The highest BCUT2D eigenvalue weighted by molar-refractivity contribution is 4.80. The fourth-order valence-corrected chi connectivity index (χ4v) is 1.02. The summed E-state index contributed by atoms with van der Waals surface area (Å²) in [6.07, 6.45) is 0.546. The second-order valence-corrected chi connectivity index (χ2v) is 2.75. The molecule has 0 radical (unpaired) electrons. The van der Waals surface area contributed by atoms with Gasteiger partial charge in [0.15, 0.2) is 0 Å². The van der Waals surface area contributed by atoms with Gasteiger partial charge in [0.05, 0.1) is 19.1 Å². The fourth-order valence-electron chi connectivity index (χ4n) is 1.02. The summed E-state index contributed by atoms with van der Waals surface area (Å²) in [5, 5.41) is 0. The molecule has 0 amide bonds. The molecule has 0 aromatic rings. The Morgan fingerprint density at radius 3 is 2.40 bits per heavy atom. The SMILES string of the molecule is CCCC(F)(F)C1COC1. The third-order valence-corrected chi connectivity index (χ3v) is 1.82. The molecule has 0 N–H and O–H groups in total. The van der Waals surface area contributed by atoms with E-state index in [0.29, 0.717) is 6.42 Å². The minimum absolute atomic E-state index is 0.00102. The molecule has 1 aliphatic heterocycles. The first kappa shape index (κ1) is 7.92. The number of rotatable bonds is 3. The first-order valence-electron chi connectivity index (χ1n) is 3.62. The molecular weight excluding hydrogens is 138 g/mol. The zero-order chi connectivity index (χ0) is 7.61. The van der Waals surface area contributed by atoms with Gasteiger partial charge >= 0.3 is 0 Å². The predicted molar refractivity (Wildman–Crippen MR) is 34.2 cm³/mol. The Morgan fingerprint density at radius 1 is 1.50 bits per heavy atom. The third-order valence-electron chi connectivity index (χ3n) is 1.82. The molecule has 1 aliphatic rings. The van der Waals surface area contributed by atoms with Crippen molar-refractivity contribution in [3.63, 3.8) is 0 Å². The maximum Gasteiger partial charge on any atom is 0.255 e. The van der Waals surface area contributed by atoms with Gasteiger partial charge in [0.25, 0.3) is 5.92 Å². The van der Waals surface area contributed by atoms with Crippen molar-refractivity contribution in [1.82, 2.24) is 0 Å². The zero-order valence-corrected chi connectivity index (χ0v) is 6.07. The summed E-state index contributed by atoms with van der Waals surface area (Å²) in [7, 11) is 0. The van der Waals surface area contributed by atoms with Crippen LogP contribution in [0, 0.1) is 5.92 Å². The minimum atomic E-state index is -2.48. The van der Waals surface area contributed by atoms with Gasteiger partial charge in [-0.05, 0) is 0 Å². The normalized spacial score (nSPS) is 20.7. The quantitative estimate of drug-likeness (QED) is 0.598. The van der Waals surface area contributed by atoms with Gasteiger partial charge < -0.3 is 4.74 Å². The van der Waals surface area contributed by atoms with Crippen LogP contribution < -0.4 is 0 Å². The van der Waals surface area contributed by atoms with Gasteiger partial charge in [-0.15, -0.1) is 0 Å². The smallest absolute Gasteiger partial charge is 0.255 e. The Kier molecular flexibility index (Phi) is 2.24. The van der Waals surface area contributed by atoms with Gasteiger partial charge in [0.1, 0.15) is 0 Å². The summed E-state index contributed by atoms with van der Waals surface area (Å²) < 4.78 is 30.3. The Bertz CT molecular complexity index is 110. The molecule has 0 atom stereocenters. The van der Waals surface area contributed by atoms with Gasteiger partial charge in [0, 0.05) is 6.42 Å². The highest BCUT2D eigenvalue weighted by Gasteiger charge is 2.42. The van der Waals surface area contributed by atoms with Gasteiger partial charge in [-0.25, -0.2) is 8.78 Å². The maximum atomic E-state index is 12.8. The monoisotopic (exact) mass is 150 g/mol. The molecule has 0 aromatic carbocycles. The van der Waals surface area contributed by atoms with Crippen LogP contribution in [0.5, 0.6) is 0 Å². The molecule has 0 aliphatic carbocycles. The Morgan fingerprint density at radius 2 is 2.10 bits per heavy atom. The van der Waals surface area contributed by atoms with Crippen molar-refractivity contribution < 1.29 is 13.5 Å². The largest absolute Gasteiger partial charge is 0.380 e. The summed E-state index contributed by atoms with van der Waals surface area (Å²) >= 11 is 0. The summed E-state index contributed by atoms with van der Waals surface area (Å²) in [5.41, 5.74) is 0. The highest BCUT2D eigenvalue weighted by Crippen LogP contribution is 2.34. The molecule has 1 fully saturated rings. The van der Waals surface area contributed by atoms with Crippen LogP contribution in [-0.2, 0) is 4.74 Å². The average molecular weight is 150 g/mol. The van der Waals surface area contributed by atoms with E-state index in [2.05, 4.69) is 4.74 Å². The molecule has 0 aromatic heterocycles. The number of alkyl halides is 2. The van der Waals surface area contributed by atoms with Crippen LogP contribution >= 0.6 is 0 Å². The molecule has 0 saturated carbocycles. The molecule has 0 spiro atoms. The van der Waals surface area contributed by atoms with Gasteiger partial charge in [-0.2, -0.15) is 0 Å². The molecule has 1 nitrogen and oxygen atoms in total. The molecule has 60 valence electrons. The van der Waals surface area contributed by atoms with E-state index in [9.17, 15) is 8.78 Å². The average Bonchev–Trinajstić information content (AvgIpc) is 1.56. The van der Waals surface area contributed by atoms with Crippen LogP contribution in [0.3, 0.4) is 0 Å².